The molecule has 0 heterocycles. The zero-order valence-corrected chi connectivity index (χ0v) is 10.0. The third-order valence-corrected chi connectivity index (χ3v) is 1.97. The first kappa shape index (κ1) is 16.7. The lowest BCUT2D eigenvalue weighted by molar-refractivity contribution is -0.137. The fourth-order valence-corrected chi connectivity index (χ4v) is 1.04. The van der Waals surface area contributed by atoms with Crippen molar-refractivity contribution >= 4 is 24.0 Å². The molecule has 3 nitrogen and oxygen atoms in total. The number of rotatable bonds is 2. The van der Waals surface area contributed by atoms with Gasteiger partial charge in [-0.3, -0.25) is 4.79 Å². The van der Waals surface area contributed by atoms with Gasteiger partial charge in [0.2, 0.25) is 5.91 Å². The van der Waals surface area contributed by atoms with E-state index in [9.17, 15) is 22.4 Å². The summed E-state index contributed by atoms with van der Waals surface area (Å²) in [6.45, 7) is 1.33. The van der Waals surface area contributed by atoms with Crippen LogP contribution in [0.1, 0.15) is 12.5 Å². The van der Waals surface area contributed by atoms with E-state index in [1.807, 2.05) is 5.32 Å². The average molecular weight is 287 g/mol. The normalized spacial score (nSPS) is 12.6. The summed E-state index contributed by atoms with van der Waals surface area (Å²) in [5.41, 5.74) is 3.62. The molecule has 3 N–H and O–H groups in total. The molecule has 0 aliphatic rings. The quantitative estimate of drug-likeness (QED) is 0.821. The zero-order chi connectivity index (χ0) is 13.2. The van der Waals surface area contributed by atoms with Crippen molar-refractivity contribution in [2.24, 2.45) is 5.73 Å². The minimum atomic E-state index is -4.60. The van der Waals surface area contributed by atoms with E-state index in [1.54, 1.807) is 0 Å². The summed E-state index contributed by atoms with van der Waals surface area (Å²) in [4.78, 5) is 11.1. The fourth-order valence-electron chi connectivity index (χ4n) is 1.04. The predicted octanol–water partition coefficient (Wildman–Crippen LogP) is 2.55. The van der Waals surface area contributed by atoms with Crippen molar-refractivity contribution < 1.29 is 22.4 Å². The standard InChI is InChI=1S/C10H10F4N2O.ClH/c1-5(15)9(17)16-8-4-6(10(12,13)14)2-3-7(8)11;/h2-5H,15H2,1H3,(H,16,17);1H/t5-;/m1./s1. The molecule has 0 saturated carbocycles. The molecule has 1 amide bonds. The number of carbonyl (C=O) groups excluding carboxylic acids is 1. The first-order chi connectivity index (χ1) is 7.71. The molecule has 1 atom stereocenters. The van der Waals surface area contributed by atoms with E-state index >= 15 is 0 Å². The van der Waals surface area contributed by atoms with Crippen LogP contribution in [0.3, 0.4) is 0 Å². The molecule has 1 aromatic rings. The van der Waals surface area contributed by atoms with E-state index in [0.717, 1.165) is 0 Å². The van der Waals surface area contributed by atoms with E-state index in [4.69, 9.17) is 5.73 Å². The Bertz CT molecular complexity index is 434. The lowest BCUT2D eigenvalue weighted by Gasteiger charge is -2.12. The van der Waals surface area contributed by atoms with Crippen LogP contribution in [0, 0.1) is 5.82 Å². The molecule has 0 bridgehead atoms. The number of carbonyl (C=O) groups is 1. The second-order valence-corrected chi connectivity index (χ2v) is 3.47. The maximum absolute atomic E-state index is 13.2. The molecule has 18 heavy (non-hydrogen) atoms. The van der Waals surface area contributed by atoms with Crippen LogP contribution in [-0.2, 0) is 11.0 Å². The molecular weight excluding hydrogens is 276 g/mol. The van der Waals surface area contributed by atoms with Crippen LogP contribution in [0.2, 0.25) is 0 Å². The summed E-state index contributed by atoms with van der Waals surface area (Å²) in [6.07, 6.45) is -4.60. The molecule has 0 aliphatic heterocycles. The lowest BCUT2D eigenvalue weighted by Crippen LogP contribution is -2.32. The van der Waals surface area contributed by atoms with E-state index in [0.29, 0.717) is 18.2 Å². The van der Waals surface area contributed by atoms with Crippen molar-refractivity contribution in [3.8, 4) is 0 Å². The number of amides is 1. The molecule has 0 radical (unpaired) electrons. The van der Waals surface area contributed by atoms with Crippen LogP contribution < -0.4 is 11.1 Å². The lowest BCUT2D eigenvalue weighted by atomic mass is 10.2. The summed E-state index contributed by atoms with van der Waals surface area (Å²) in [6, 6.07) is 0.815. The molecule has 0 aromatic heterocycles. The first-order valence-corrected chi connectivity index (χ1v) is 4.65. The van der Waals surface area contributed by atoms with Crippen molar-refractivity contribution in [2.75, 3.05) is 5.32 Å². The molecule has 0 unspecified atom stereocenters. The van der Waals surface area contributed by atoms with Crippen LogP contribution >= 0.6 is 12.4 Å². The summed E-state index contributed by atoms with van der Waals surface area (Å²) in [7, 11) is 0. The largest absolute Gasteiger partial charge is 0.416 e. The smallest absolute Gasteiger partial charge is 0.322 e. The second-order valence-electron chi connectivity index (χ2n) is 3.47. The van der Waals surface area contributed by atoms with Gasteiger partial charge in [-0.05, 0) is 25.1 Å². The van der Waals surface area contributed by atoms with Gasteiger partial charge in [0.1, 0.15) is 5.82 Å². The highest BCUT2D eigenvalue weighted by Gasteiger charge is 2.31. The first-order valence-electron chi connectivity index (χ1n) is 4.65. The Morgan fingerprint density at radius 1 is 1.39 bits per heavy atom. The van der Waals surface area contributed by atoms with Crippen LogP contribution in [0.15, 0.2) is 18.2 Å². The van der Waals surface area contributed by atoms with E-state index in [2.05, 4.69) is 0 Å². The van der Waals surface area contributed by atoms with Crippen LogP contribution in [-0.4, -0.2) is 11.9 Å². The van der Waals surface area contributed by atoms with Crippen LogP contribution in [0.5, 0.6) is 0 Å². The van der Waals surface area contributed by atoms with Gasteiger partial charge in [0.25, 0.3) is 0 Å². The molecule has 0 fully saturated rings. The molecule has 1 rings (SSSR count). The van der Waals surface area contributed by atoms with Crippen LogP contribution in [0.4, 0.5) is 23.2 Å². The van der Waals surface area contributed by atoms with E-state index in [-0.39, 0.29) is 12.4 Å². The number of nitrogens with one attached hydrogen (secondary N) is 1. The van der Waals surface area contributed by atoms with Crippen LogP contribution in [0.25, 0.3) is 0 Å². The molecule has 102 valence electrons. The number of hydrogen-bond donors (Lipinski definition) is 2. The summed E-state index contributed by atoms with van der Waals surface area (Å²) >= 11 is 0. The highest BCUT2D eigenvalue weighted by atomic mass is 35.5. The SMILES string of the molecule is C[C@@H](N)C(=O)Nc1cc(C(F)(F)F)ccc1F.Cl. The van der Waals surface area contributed by atoms with Gasteiger partial charge in [-0.25, -0.2) is 4.39 Å². The average Bonchev–Trinajstić information content (AvgIpc) is 2.19. The minimum absolute atomic E-state index is 0. The number of nitrogens with two attached hydrogens (primary N) is 1. The molecule has 0 saturated heterocycles. The van der Waals surface area contributed by atoms with Gasteiger partial charge in [-0.15, -0.1) is 12.4 Å². The molecular formula is C10H11ClF4N2O. The Morgan fingerprint density at radius 2 is 1.94 bits per heavy atom. The molecule has 0 aliphatic carbocycles. The monoisotopic (exact) mass is 286 g/mol. The van der Waals surface area contributed by atoms with E-state index < -0.39 is 35.2 Å². The maximum atomic E-state index is 13.2. The van der Waals surface area contributed by atoms with Crippen molar-refractivity contribution in [3.05, 3.63) is 29.6 Å². The maximum Gasteiger partial charge on any atom is 0.416 e. The zero-order valence-electron chi connectivity index (χ0n) is 9.22. The van der Waals surface area contributed by atoms with Gasteiger partial charge in [-0.1, -0.05) is 0 Å². The van der Waals surface area contributed by atoms with Crippen molar-refractivity contribution in [1.29, 1.82) is 0 Å². The summed E-state index contributed by atoms with van der Waals surface area (Å²) < 4.78 is 50.2. The number of alkyl halides is 3. The number of benzene rings is 1. The second kappa shape index (κ2) is 6.01. The molecule has 1 aromatic carbocycles. The Hall–Kier alpha value is -1.34. The van der Waals surface area contributed by atoms with Crippen molar-refractivity contribution in [1.82, 2.24) is 0 Å². The highest BCUT2D eigenvalue weighted by Crippen LogP contribution is 2.31. The Kier molecular flexibility index (Phi) is 5.56. The fraction of sp³-hybridized carbons (Fsp3) is 0.300. The Morgan fingerprint density at radius 3 is 2.39 bits per heavy atom. The number of halogens is 5. The summed E-state index contributed by atoms with van der Waals surface area (Å²) in [5, 5.41) is 1.98. The minimum Gasteiger partial charge on any atom is -0.322 e. The predicted molar refractivity (Wildman–Crippen MR) is 60.9 cm³/mol. The third kappa shape index (κ3) is 4.15. The van der Waals surface area contributed by atoms with Gasteiger partial charge in [0.15, 0.2) is 0 Å². The Labute approximate surface area is 107 Å². The molecule has 0 spiro atoms. The van der Waals surface area contributed by atoms with Crippen molar-refractivity contribution in [3.63, 3.8) is 0 Å². The third-order valence-electron chi connectivity index (χ3n) is 1.97. The Balaban J connectivity index is 0.00000289. The molecule has 8 heteroatoms. The number of anilines is 1. The van der Waals surface area contributed by atoms with Gasteiger partial charge in [-0.2, -0.15) is 13.2 Å². The van der Waals surface area contributed by atoms with Gasteiger partial charge >= 0.3 is 6.18 Å². The van der Waals surface area contributed by atoms with Gasteiger partial charge in [0.05, 0.1) is 17.3 Å². The van der Waals surface area contributed by atoms with Gasteiger partial charge in [0, 0.05) is 0 Å². The topological polar surface area (TPSA) is 55.1 Å². The highest BCUT2D eigenvalue weighted by molar-refractivity contribution is 5.94. The summed E-state index contributed by atoms with van der Waals surface area (Å²) in [5.74, 6) is -1.71. The van der Waals surface area contributed by atoms with Gasteiger partial charge < -0.3 is 11.1 Å². The van der Waals surface area contributed by atoms with Crippen molar-refractivity contribution in [2.45, 2.75) is 19.1 Å². The number of hydrogen-bond acceptors (Lipinski definition) is 2. The van der Waals surface area contributed by atoms with E-state index in [1.165, 1.54) is 6.92 Å².